The molecule has 0 bridgehead atoms. The molecular formula is C18H18N2O2. The van der Waals surface area contributed by atoms with Gasteiger partial charge >= 0.3 is 0 Å². The predicted octanol–water partition coefficient (Wildman–Crippen LogP) is 3.24. The topological polar surface area (TPSA) is 36.3 Å². The molecule has 1 aliphatic heterocycles. The second-order valence-corrected chi connectivity index (χ2v) is 5.72. The maximum Gasteiger partial charge on any atom is 0.214 e. The molecule has 0 unspecified atom stereocenters. The quantitative estimate of drug-likeness (QED) is 0.744. The van der Waals surface area contributed by atoms with Crippen molar-refractivity contribution in [3.8, 4) is 0 Å². The minimum atomic E-state index is -0.742. The van der Waals surface area contributed by atoms with Gasteiger partial charge in [-0.05, 0) is 17.7 Å². The summed E-state index contributed by atoms with van der Waals surface area (Å²) in [5, 5.41) is 2.39. The van der Waals surface area contributed by atoms with E-state index in [1.54, 1.807) is 12.5 Å². The zero-order valence-electron chi connectivity index (χ0n) is 12.5. The number of aryl methyl sites for hydroxylation is 1. The van der Waals surface area contributed by atoms with Gasteiger partial charge in [0.25, 0.3) is 0 Å². The summed E-state index contributed by atoms with van der Waals surface area (Å²) in [6.45, 7) is 3.92. The highest BCUT2D eigenvalue weighted by Crippen LogP contribution is 2.37. The van der Waals surface area contributed by atoms with E-state index in [-0.39, 0.29) is 0 Å². The third-order valence-corrected chi connectivity index (χ3v) is 4.15. The second kappa shape index (κ2) is 5.23. The first-order valence-corrected chi connectivity index (χ1v) is 7.50. The molecule has 1 aromatic heterocycles. The van der Waals surface area contributed by atoms with Gasteiger partial charge in [0.15, 0.2) is 0 Å². The normalized spacial score (nSPS) is 17.1. The number of imidazole rings is 1. The number of fused-ring (bicyclic) bond motifs is 1. The molecule has 0 aliphatic carbocycles. The molecule has 2 aromatic carbocycles. The molecule has 3 aromatic rings. The number of hydrogen-bond acceptors (Lipinski definition) is 3. The van der Waals surface area contributed by atoms with Crippen LogP contribution in [0.15, 0.2) is 55.1 Å². The first-order valence-electron chi connectivity index (χ1n) is 7.50. The Labute approximate surface area is 129 Å². The van der Waals surface area contributed by atoms with Gasteiger partial charge in [-0.25, -0.2) is 4.98 Å². The van der Waals surface area contributed by atoms with Gasteiger partial charge in [0.1, 0.15) is 0 Å². The van der Waals surface area contributed by atoms with E-state index in [9.17, 15) is 0 Å². The molecule has 0 radical (unpaired) electrons. The molecule has 0 saturated carbocycles. The summed E-state index contributed by atoms with van der Waals surface area (Å²) >= 11 is 0. The molecule has 1 saturated heterocycles. The average Bonchev–Trinajstić information content (AvgIpc) is 3.19. The molecule has 0 N–H and O–H groups in total. The van der Waals surface area contributed by atoms with Crippen LogP contribution < -0.4 is 0 Å². The first-order chi connectivity index (χ1) is 10.8. The largest absolute Gasteiger partial charge is 0.342 e. The SMILES string of the molecule is Cc1ccc2cccc(C3(Cn4ccnc4)OCCO3)c2c1. The van der Waals surface area contributed by atoms with E-state index in [0.29, 0.717) is 19.8 Å². The van der Waals surface area contributed by atoms with Crippen molar-refractivity contribution in [2.75, 3.05) is 13.2 Å². The maximum atomic E-state index is 6.08. The van der Waals surface area contributed by atoms with Crippen LogP contribution in [0.1, 0.15) is 11.1 Å². The number of hydrogen-bond donors (Lipinski definition) is 0. The zero-order valence-corrected chi connectivity index (χ0v) is 12.5. The van der Waals surface area contributed by atoms with Crippen LogP contribution in [0.5, 0.6) is 0 Å². The van der Waals surface area contributed by atoms with E-state index in [1.165, 1.54) is 16.3 Å². The summed E-state index contributed by atoms with van der Waals surface area (Å²) in [5.41, 5.74) is 2.32. The average molecular weight is 294 g/mol. The van der Waals surface area contributed by atoms with Crippen LogP contribution in [0.2, 0.25) is 0 Å². The molecule has 1 aliphatic rings. The number of ether oxygens (including phenoxy) is 2. The molecule has 2 heterocycles. The Kier molecular flexibility index (Phi) is 3.21. The Morgan fingerprint density at radius 1 is 1.18 bits per heavy atom. The van der Waals surface area contributed by atoms with Gasteiger partial charge in [0.2, 0.25) is 5.79 Å². The smallest absolute Gasteiger partial charge is 0.214 e. The van der Waals surface area contributed by atoms with Crippen LogP contribution in [0.3, 0.4) is 0 Å². The number of aromatic nitrogens is 2. The number of benzene rings is 2. The first kappa shape index (κ1) is 13.5. The lowest BCUT2D eigenvalue weighted by Gasteiger charge is -2.29. The molecule has 0 amide bonds. The van der Waals surface area contributed by atoms with Crippen LogP contribution in [-0.2, 0) is 21.8 Å². The zero-order chi connectivity index (χ0) is 15.0. The standard InChI is InChI=1S/C18H18N2O2/c1-14-5-6-15-3-2-4-17(16(15)11-14)18(21-9-10-22-18)12-20-8-7-19-13-20/h2-8,11,13H,9-10,12H2,1H3. The van der Waals surface area contributed by atoms with Crippen LogP contribution in [0.25, 0.3) is 10.8 Å². The summed E-state index contributed by atoms with van der Waals surface area (Å²) in [6.07, 6.45) is 5.50. The van der Waals surface area contributed by atoms with Crippen molar-refractivity contribution in [1.29, 1.82) is 0 Å². The highest BCUT2D eigenvalue weighted by atomic mass is 16.7. The molecule has 22 heavy (non-hydrogen) atoms. The lowest BCUT2D eigenvalue weighted by molar-refractivity contribution is -0.175. The lowest BCUT2D eigenvalue weighted by atomic mass is 9.96. The molecule has 0 spiro atoms. The molecule has 1 fully saturated rings. The van der Waals surface area contributed by atoms with Gasteiger partial charge in [0.05, 0.1) is 26.1 Å². The van der Waals surface area contributed by atoms with Crippen molar-refractivity contribution in [2.45, 2.75) is 19.3 Å². The Morgan fingerprint density at radius 3 is 2.82 bits per heavy atom. The van der Waals surface area contributed by atoms with Crippen LogP contribution in [0.4, 0.5) is 0 Å². The van der Waals surface area contributed by atoms with Gasteiger partial charge < -0.3 is 14.0 Å². The van der Waals surface area contributed by atoms with Crippen molar-refractivity contribution in [2.24, 2.45) is 0 Å². The van der Waals surface area contributed by atoms with Crippen molar-refractivity contribution in [3.63, 3.8) is 0 Å². The van der Waals surface area contributed by atoms with Crippen molar-refractivity contribution in [3.05, 3.63) is 66.2 Å². The van der Waals surface area contributed by atoms with Gasteiger partial charge in [0, 0.05) is 18.0 Å². The Morgan fingerprint density at radius 2 is 2.05 bits per heavy atom. The van der Waals surface area contributed by atoms with Gasteiger partial charge in [-0.3, -0.25) is 0 Å². The minimum absolute atomic E-state index is 0.597. The van der Waals surface area contributed by atoms with Crippen molar-refractivity contribution >= 4 is 10.8 Å². The maximum absolute atomic E-state index is 6.08. The molecule has 0 atom stereocenters. The van der Waals surface area contributed by atoms with Crippen LogP contribution in [0, 0.1) is 6.92 Å². The van der Waals surface area contributed by atoms with E-state index in [4.69, 9.17) is 9.47 Å². The van der Waals surface area contributed by atoms with Crippen LogP contribution >= 0.6 is 0 Å². The highest BCUT2D eigenvalue weighted by molar-refractivity contribution is 5.87. The summed E-state index contributed by atoms with van der Waals surface area (Å²) < 4.78 is 14.2. The number of rotatable bonds is 3. The fourth-order valence-corrected chi connectivity index (χ4v) is 3.13. The fraction of sp³-hybridized carbons (Fsp3) is 0.278. The fourth-order valence-electron chi connectivity index (χ4n) is 3.13. The molecule has 112 valence electrons. The van der Waals surface area contributed by atoms with Crippen LogP contribution in [-0.4, -0.2) is 22.8 Å². The third-order valence-electron chi connectivity index (χ3n) is 4.15. The molecule has 4 heteroatoms. The summed E-state index contributed by atoms with van der Waals surface area (Å²) in [4.78, 5) is 4.12. The van der Waals surface area contributed by atoms with E-state index in [2.05, 4.69) is 48.3 Å². The van der Waals surface area contributed by atoms with Gasteiger partial charge in [-0.2, -0.15) is 0 Å². The second-order valence-electron chi connectivity index (χ2n) is 5.72. The van der Waals surface area contributed by atoms with E-state index >= 15 is 0 Å². The van der Waals surface area contributed by atoms with Gasteiger partial charge in [-0.15, -0.1) is 0 Å². The summed E-state index contributed by atoms with van der Waals surface area (Å²) in [6, 6.07) is 12.8. The summed E-state index contributed by atoms with van der Waals surface area (Å²) in [7, 11) is 0. The lowest BCUT2D eigenvalue weighted by Crippen LogP contribution is -2.32. The Balaban J connectivity index is 1.88. The third kappa shape index (κ3) is 2.21. The minimum Gasteiger partial charge on any atom is -0.342 e. The highest BCUT2D eigenvalue weighted by Gasteiger charge is 2.40. The van der Waals surface area contributed by atoms with E-state index < -0.39 is 5.79 Å². The van der Waals surface area contributed by atoms with Gasteiger partial charge in [-0.1, -0.05) is 42.0 Å². The Bertz CT molecular complexity index is 790. The molecule has 4 rings (SSSR count). The predicted molar refractivity (Wildman–Crippen MR) is 84.5 cm³/mol. The van der Waals surface area contributed by atoms with E-state index in [1.807, 2.05) is 10.8 Å². The Hall–Kier alpha value is -2.17. The van der Waals surface area contributed by atoms with E-state index in [0.717, 1.165) is 5.56 Å². The monoisotopic (exact) mass is 294 g/mol. The molecule has 4 nitrogen and oxygen atoms in total. The van der Waals surface area contributed by atoms with Crippen molar-refractivity contribution < 1.29 is 9.47 Å². The number of nitrogens with zero attached hydrogens (tertiary/aromatic N) is 2. The summed E-state index contributed by atoms with van der Waals surface area (Å²) in [5.74, 6) is -0.742. The van der Waals surface area contributed by atoms with Crippen molar-refractivity contribution in [1.82, 2.24) is 9.55 Å². The molecular weight excluding hydrogens is 276 g/mol.